The minimum atomic E-state index is -0.463. The molecule has 1 aromatic carbocycles. The Kier molecular flexibility index (Phi) is 4.99. The molecule has 0 bridgehead atoms. The standard InChI is InChI=1S/C19H19N5O2S/c25-18(23-26)15-10-14-7-9-24(12-16(14)27-15)17-6-8-20-19(22-17)21-11-13-4-2-1-3-5-13/h1-6,8,10,26H,7,9,11-12H2,(H,23,25)(H,20,21,22). The van der Waals surface area contributed by atoms with Gasteiger partial charge in [0.05, 0.1) is 11.4 Å². The summed E-state index contributed by atoms with van der Waals surface area (Å²) < 4.78 is 0. The molecule has 0 radical (unpaired) electrons. The average Bonchev–Trinajstić information content (AvgIpc) is 3.16. The molecule has 138 valence electrons. The zero-order chi connectivity index (χ0) is 18.6. The maximum atomic E-state index is 11.6. The Bertz CT molecular complexity index is 944. The van der Waals surface area contributed by atoms with E-state index >= 15 is 0 Å². The number of hydroxylamine groups is 1. The van der Waals surface area contributed by atoms with E-state index in [1.807, 2.05) is 30.3 Å². The van der Waals surface area contributed by atoms with E-state index in [1.54, 1.807) is 11.7 Å². The first-order chi connectivity index (χ1) is 13.2. The molecular formula is C19H19N5O2S. The van der Waals surface area contributed by atoms with Crippen molar-refractivity contribution in [2.75, 3.05) is 16.8 Å². The largest absolute Gasteiger partial charge is 0.351 e. The Hall–Kier alpha value is -2.97. The highest BCUT2D eigenvalue weighted by Crippen LogP contribution is 2.30. The van der Waals surface area contributed by atoms with Crippen molar-refractivity contribution in [3.8, 4) is 0 Å². The smallest absolute Gasteiger partial charge is 0.284 e. The van der Waals surface area contributed by atoms with Crippen LogP contribution < -0.4 is 15.7 Å². The van der Waals surface area contributed by atoms with Crippen molar-refractivity contribution in [2.24, 2.45) is 0 Å². The second-order valence-corrected chi connectivity index (χ2v) is 7.39. The number of thiophene rings is 1. The maximum absolute atomic E-state index is 11.6. The van der Waals surface area contributed by atoms with E-state index in [0.717, 1.165) is 29.2 Å². The molecule has 0 fully saturated rings. The average molecular weight is 381 g/mol. The maximum Gasteiger partial charge on any atom is 0.284 e. The number of nitrogens with one attached hydrogen (secondary N) is 2. The highest BCUT2D eigenvalue weighted by atomic mass is 32.1. The third-order valence-corrected chi connectivity index (χ3v) is 5.63. The minimum absolute atomic E-state index is 0.463. The fourth-order valence-electron chi connectivity index (χ4n) is 3.07. The molecule has 0 unspecified atom stereocenters. The molecule has 0 saturated heterocycles. The molecule has 8 heteroatoms. The summed E-state index contributed by atoms with van der Waals surface area (Å²) in [7, 11) is 0. The number of anilines is 2. The van der Waals surface area contributed by atoms with Crippen molar-refractivity contribution in [1.82, 2.24) is 15.4 Å². The quantitative estimate of drug-likeness (QED) is 0.465. The summed E-state index contributed by atoms with van der Waals surface area (Å²) in [5, 5.41) is 12.1. The van der Waals surface area contributed by atoms with E-state index < -0.39 is 5.91 Å². The van der Waals surface area contributed by atoms with Gasteiger partial charge in [0.1, 0.15) is 5.82 Å². The van der Waals surface area contributed by atoms with Crippen LogP contribution in [0.25, 0.3) is 0 Å². The van der Waals surface area contributed by atoms with Crippen molar-refractivity contribution in [3.63, 3.8) is 0 Å². The summed E-state index contributed by atoms with van der Waals surface area (Å²) in [6.07, 6.45) is 2.59. The lowest BCUT2D eigenvalue weighted by Crippen LogP contribution is -2.30. The molecule has 0 saturated carbocycles. The second kappa shape index (κ2) is 7.73. The molecule has 1 aliphatic rings. The van der Waals surface area contributed by atoms with Crippen molar-refractivity contribution in [1.29, 1.82) is 0 Å². The van der Waals surface area contributed by atoms with Crippen LogP contribution >= 0.6 is 11.3 Å². The SMILES string of the molecule is O=C(NO)c1cc2c(s1)CN(c1ccnc(NCc3ccccc3)n1)CC2. The fourth-order valence-corrected chi connectivity index (χ4v) is 4.19. The lowest BCUT2D eigenvalue weighted by atomic mass is 10.1. The third-order valence-electron chi connectivity index (χ3n) is 4.47. The van der Waals surface area contributed by atoms with E-state index in [1.165, 1.54) is 16.9 Å². The van der Waals surface area contributed by atoms with Gasteiger partial charge in [0.15, 0.2) is 0 Å². The number of benzene rings is 1. The van der Waals surface area contributed by atoms with E-state index in [-0.39, 0.29) is 0 Å². The topological polar surface area (TPSA) is 90.4 Å². The molecule has 3 aromatic rings. The van der Waals surface area contributed by atoms with Crippen LogP contribution in [0.4, 0.5) is 11.8 Å². The van der Waals surface area contributed by atoms with Gasteiger partial charge >= 0.3 is 0 Å². The highest BCUT2D eigenvalue weighted by molar-refractivity contribution is 7.14. The normalized spacial score (nSPS) is 13.1. The zero-order valence-electron chi connectivity index (χ0n) is 14.6. The van der Waals surface area contributed by atoms with Gasteiger partial charge in [0.2, 0.25) is 5.95 Å². The number of carbonyl (C=O) groups is 1. The molecule has 27 heavy (non-hydrogen) atoms. The van der Waals surface area contributed by atoms with Crippen molar-refractivity contribution in [3.05, 3.63) is 69.5 Å². The number of fused-ring (bicyclic) bond motifs is 1. The minimum Gasteiger partial charge on any atom is -0.351 e. The van der Waals surface area contributed by atoms with Crippen molar-refractivity contribution >= 4 is 29.0 Å². The van der Waals surface area contributed by atoms with Gasteiger partial charge in [-0.2, -0.15) is 4.98 Å². The number of nitrogens with zero attached hydrogens (tertiary/aromatic N) is 3. The Labute approximate surface area is 160 Å². The van der Waals surface area contributed by atoms with Crippen LogP contribution in [-0.4, -0.2) is 27.6 Å². The molecule has 1 aliphatic heterocycles. The van der Waals surface area contributed by atoms with Gasteiger partial charge in [0.25, 0.3) is 5.91 Å². The van der Waals surface area contributed by atoms with E-state index in [9.17, 15) is 4.79 Å². The fraction of sp³-hybridized carbons (Fsp3) is 0.211. The zero-order valence-corrected chi connectivity index (χ0v) is 15.4. The molecule has 1 amide bonds. The molecule has 0 spiro atoms. The first-order valence-electron chi connectivity index (χ1n) is 8.65. The summed E-state index contributed by atoms with van der Waals surface area (Å²) in [6, 6.07) is 13.9. The van der Waals surface area contributed by atoms with Gasteiger partial charge < -0.3 is 10.2 Å². The van der Waals surface area contributed by atoms with Crippen molar-refractivity contribution < 1.29 is 10.0 Å². The lowest BCUT2D eigenvalue weighted by Gasteiger charge is -2.27. The first kappa shape index (κ1) is 17.4. The molecule has 7 nitrogen and oxygen atoms in total. The summed E-state index contributed by atoms with van der Waals surface area (Å²) in [4.78, 5) is 24.4. The molecule has 4 rings (SSSR count). The summed E-state index contributed by atoms with van der Waals surface area (Å²) in [5.41, 5.74) is 4.02. The van der Waals surface area contributed by atoms with Crippen LogP contribution in [0, 0.1) is 0 Å². The van der Waals surface area contributed by atoms with Crippen LogP contribution in [-0.2, 0) is 19.5 Å². The number of hydrogen-bond donors (Lipinski definition) is 3. The Morgan fingerprint density at radius 2 is 2.11 bits per heavy atom. The van der Waals surface area contributed by atoms with Gasteiger partial charge in [-0.25, -0.2) is 10.5 Å². The van der Waals surface area contributed by atoms with E-state index in [4.69, 9.17) is 5.21 Å². The predicted molar refractivity (Wildman–Crippen MR) is 104 cm³/mol. The van der Waals surface area contributed by atoms with Crippen LogP contribution in [0.15, 0.2) is 48.7 Å². The molecule has 3 heterocycles. The van der Waals surface area contributed by atoms with Gasteiger partial charge in [-0.05, 0) is 29.7 Å². The molecule has 2 aromatic heterocycles. The van der Waals surface area contributed by atoms with Gasteiger partial charge in [-0.1, -0.05) is 30.3 Å². The highest BCUT2D eigenvalue weighted by Gasteiger charge is 2.22. The van der Waals surface area contributed by atoms with Crippen molar-refractivity contribution in [2.45, 2.75) is 19.5 Å². The number of carbonyl (C=O) groups excluding carboxylic acids is 1. The number of hydrogen-bond acceptors (Lipinski definition) is 7. The Morgan fingerprint density at radius 1 is 1.26 bits per heavy atom. The Balaban J connectivity index is 1.46. The molecule has 3 N–H and O–H groups in total. The third kappa shape index (κ3) is 3.91. The van der Waals surface area contributed by atoms with Crippen LogP contribution in [0.1, 0.15) is 25.7 Å². The van der Waals surface area contributed by atoms with E-state index in [2.05, 4.69) is 32.3 Å². The predicted octanol–water partition coefficient (Wildman–Crippen LogP) is 2.83. The number of aromatic nitrogens is 2. The van der Waals surface area contributed by atoms with E-state index in [0.29, 0.717) is 23.9 Å². The number of rotatable bonds is 5. The van der Waals surface area contributed by atoms with Crippen LogP contribution in [0.3, 0.4) is 0 Å². The van der Waals surface area contributed by atoms with Crippen LogP contribution in [0.2, 0.25) is 0 Å². The summed E-state index contributed by atoms with van der Waals surface area (Å²) in [6.45, 7) is 2.17. The van der Waals surface area contributed by atoms with Gasteiger partial charge in [-0.15, -0.1) is 11.3 Å². The van der Waals surface area contributed by atoms with Gasteiger partial charge in [-0.3, -0.25) is 10.0 Å². The molecule has 0 aliphatic carbocycles. The van der Waals surface area contributed by atoms with Gasteiger partial charge in [0, 0.05) is 24.2 Å². The summed E-state index contributed by atoms with van der Waals surface area (Å²) >= 11 is 1.41. The first-order valence-corrected chi connectivity index (χ1v) is 9.46. The monoisotopic (exact) mass is 381 g/mol. The molecular weight excluding hydrogens is 362 g/mol. The molecule has 0 atom stereocenters. The number of amides is 1. The lowest BCUT2D eigenvalue weighted by molar-refractivity contribution is 0.0711. The van der Waals surface area contributed by atoms with Crippen LogP contribution in [0.5, 0.6) is 0 Å². The summed E-state index contributed by atoms with van der Waals surface area (Å²) in [5.74, 6) is 0.983. The second-order valence-electron chi connectivity index (χ2n) is 6.25. The Morgan fingerprint density at radius 3 is 2.93 bits per heavy atom.